The van der Waals surface area contributed by atoms with Gasteiger partial charge in [0.1, 0.15) is 11.5 Å². The van der Waals surface area contributed by atoms with Gasteiger partial charge in [0.25, 0.3) is 0 Å². The maximum Gasteiger partial charge on any atom is 0.228 e. The quantitative estimate of drug-likeness (QED) is 0.241. The van der Waals surface area contributed by atoms with Crippen LogP contribution >= 0.6 is 11.6 Å². The number of pyridine rings is 1. The van der Waals surface area contributed by atoms with Gasteiger partial charge in [0.15, 0.2) is 11.5 Å². The van der Waals surface area contributed by atoms with E-state index in [9.17, 15) is 4.79 Å². The topological polar surface area (TPSA) is 98.7 Å². The average Bonchev–Trinajstić information content (AvgIpc) is 3.00. The molecule has 1 N–H and O–H groups in total. The molecule has 10 heteroatoms. The van der Waals surface area contributed by atoms with Crippen LogP contribution in [0.3, 0.4) is 0 Å². The molecule has 41 heavy (non-hydrogen) atoms. The number of nitrogens with one attached hydrogen (secondary N) is 1. The summed E-state index contributed by atoms with van der Waals surface area (Å²) >= 11 is 5.83. The molecule has 0 atom stereocenters. The van der Waals surface area contributed by atoms with Crippen molar-refractivity contribution in [1.29, 1.82) is 0 Å². The molecule has 0 unspecified atom stereocenters. The SMILES string of the molecule is COCCN1CCC(COc2cc3ncnc(-c4ccc(NC(=O)Cc5ccc(Cl)nc5)cc4)c3cc2OC)CC1. The van der Waals surface area contributed by atoms with Gasteiger partial charge >= 0.3 is 0 Å². The Morgan fingerprint density at radius 1 is 1.02 bits per heavy atom. The van der Waals surface area contributed by atoms with E-state index in [2.05, 4.69) is 25.2 Å². The van der Waals surface area contributed by atoms with Crippen LogP contribution in [0.5, 0.6) is 11.5 Å². The molecule has 1 fully saturated rings. The van der Waals surface area contributed by atoms with Gasteiger partial charge in [-0.25, -0.2) is 15.0 Å². The first-order valence-corrected chi connectivity index (χ1v) is 14.1. The summed E-state index contributed by atoms with van der Waals surface area (Å²) in [6.07, 6.45) is 5.56. The summed E-state index contributed by atoms with van der Waals surface area (Å²) in [5.74, 6) is 1.69. The van der Waals surface area contributed by atoms with Crippen molar-refractivity contribution in [2.24, 2.45) is 5.92 Å². The molecule has 3 heterocycles. The minimum Gasteiger partial charge on any atom is -0.493 e. The first-order chi connectivity index (χ1) is 20.0. The van der Waals surface area contributed by atoms with Crippen molar-refractivity contribution in [3.63, 3.8) is 0 Å². The molecular weight excluding hydrogens is 542 g/mol. The first kappa shape index (κ1) is 28.7. The predicted octanol–water partition coefficient (Wildman–Crippen LogP) is 5.27. The van der Waals surface area contributed by atoms with Gasteiger partial charge in [-0.05, 0) is 61.7 Å². The number of fused-ring (bicyclic) bond motifs is 1. The summed E-state index contributed by atoms with van der Waals surface area (Å²) in [5, 5.41) is 4.18. The third-order valence-corrected chi connectivity index (χ3v) is 7.53. The number of piperidine rings is 1. The van der Waals surface area contributed by atoms with Crippen LogP contribution in [0.1, 0.15) is 18.4 Å². The third kappa shape index (κ3) is 7.49. The van der Waals surface area contributed by atoms with E-state index in [1.165, 1.54) is 0 Å². The van der Waals surface area contributed by atoms with Crippen LogP contribution in [0.25, 0.3) is 22.2 Å². The minimum atomic E-state index is -0.136. The van der Waals surface area contributed by atoms with E-state index in [1.54, 1.807) is 38.9 Å². The maximum atomic E-state index is 12.5. The van der Waals surface area contributed by atoms with Gasteiger partial charge in [-0.1, -0.05) is 29.8 Å². The van der Waals surface area contributed by atoms with Crippen molar-refractivity contribution in [2.75, 3.05) is 52.4 Å². The highest BCUT2D eigenvalue weighted by Gasteiger charge is 2.21. The van der Waals surface area contributed by atoms with Gasteiger partial charge in [0.2, 0.25) is 5.91 Å². The summed E-state index contributed by atoms with van der Waals surface area (Å²) in [4.78, 5) is 28.0. The van der Waals surface area contributed by atoms with Gasteiger partial charge in [-0.15, -0.1) is 0 Å². The number of methoxy groups -OCH3 is 2. The summed E-state index contributed by atoms with van der Waals surface area (Å²) in [7, 11) is 3.39. The van der Waals surface area contributed by atoms with Gasteiger partial charge in [0, 0.05) is 42.6 Å². The van der Waals surface area contributed by atoms with E-state index in [0.29, 0.717) is 34.9 Å². The lowest BCUT2D eigenvalue weighted by atomic mass is 9.98. The number of ether oxygens (including phenoxy) is 3. The Morgan fingerprint density at radius 3 is 2.54 bits per heavy atom. The standard InChI is InChI=1S/C31H34ClN5O4/c1-39-14-13-37-11-9-21(10-12-37)19-41-28-17-26-25(16-27(28)40-2)31(35-20-34-26)23-4-6-24(7-5-23)36-30(38)15-22-3-8-29(32)33-18-22/h3-8,16-18,20-21H,9-15,19H2,1-2H3,(H,36,38). The largest absolute Gasteiger partial charge is 0.493 e. The Balaban J connectivity index is 1.25. The fraction of sp³-hybridized carbons (Fsp3) is 0.355. The van der Waals surface area contributed by atoms with Crippen LogP contribution in [-0.2, 0) is 16.0 Å². The van der Waals surface area contributed by atoms with Crippen LogP contribution in [-0.4, -0.2) is 72.8 Å². The summed E-state index contributed by atoms with van der Waals surface area (Å²) in [5.41, 5.74) is 3.92. The molecule has 2 aromatic carbocycles. The zero-order valence-corrected chi connectivity index (χ0v) is 24.1. The third-order valence-electron chi connectivity index (χ3n) is 7.31. The van der Waals surface area contributed by atoms with Crippen molar-refractivity contribution < 1.29 is 19.0 Å². The smallest absolute Gasteiger partial charge is 0.228 e. The van der Waals surface area contributed by atoms with Crippen LogP contribution in [0.15, 0.2) is 61.1 Å². The number of likely N-dealkylation sites (tertiary alicyclic amines) is 1. The molecule has 0 radical (unpaired) electrons. The number of rotatable bonds is 11. The van der Waals surface area contributed by atoms with Crippen molar-refractivity contribution in [1.82, 2.24) is 19.9 Å². The number of hydrogen-bond acceptors (Lipinski definition) is 8. The monoisotopic (exact) mass is 575 g/mol. The number of aromatic nitrogens is 3. The van der Waals surface area contributed by atoms with Gasteiger partial charge < -0.3 is 24.4 Å². The van der Waals surface area contributed by atoms with E-state index in [1.807, 2.05) is 36.4 Å². The Morgan fingerprint density at radius 2 is 1.83 bits per heavy atom. The summed E-state index contributed by atoms with van der Waals surface area (Å²) in [6.45, 7) is 4.50. The number of nitrogens with zero attached hydrogens (tertiary/aromatic N) is 4. The van der Waals surface area contributed by atoms with E-state index in [4.69, 9.17) is 25.8 Å². The Labute approximate surface area is 244 Å². The van der Waals surface area contributed by atoms with Crippen LogP contribution in [0.4, 0.5) is 5.69 Å². The number of benzene rings is 2. The number of carbonyl (C=O) groups is 1. The zero-order valence-electron chi connectivity index (χ0n) is 23.3. The fourth-order valence-electron chi connectivity index (χ4n) is 4.98. The summed E-state index contributed by atoms with van der Waals surface area (Å²) < 4.78 is 17.2. The second-order valence-electron chi connectivity index (χ2n) is 10.1. The molecule has 9 nitrogen and oxygen atoms in total. The highest BCUT2D eigenvalue weighted by Crippen LogP contribution is 2.36. The number of carbonyl (C=O) groups excluding carboxylic acids is 1. The van der Waals surface area contributed by atoms with Gasteiger partial charge in [0.05, 0.1) is 38.0 Å². The van der Waals surface area contributed by atoms with Crippen LogP contribution in [0, 0.1) is 5.92 Å². The lowest BCUT2D eigenvalue weighted by molar-refractivity contribution is -0.115. The molecule has 2 aromatic heterocycles. The van der Waals surface area contributed by atoms with E-state index in [0.717, 1.165) is 66.8 Å². The minimum absolute atomic E-state index is 0.136. The molecule has 4 aromatic rings. The van der Waals surface area contributed by atoms with Crippen molar-refractivity contribution in [3.8, 4) is 22.8 Å². The lowest BCUT2D eigenvalue weighted by Crippen LogP contribution is -2.37. The second-order valence-corrected chi connectivity index (χ2v) is 10.5. The molecule has 0 saturated carbocycles. The predicted molar refractivity (Wildman–Crippen MR) is 160 cm³/mol. The molecule has 1 aliphatic rings. The number of hydrogen-bond donors (Lipinski definition) is 1. The van der Waals surface area contributed by atoms with Gasteiger partial charge in [-0.2, -0.15) is 0 Å². The first-order valence-electron chi connectivity index (χ1n) is 13.7. The molecule has 1 saturated heterocycles. The van der Waals surface area contributed by atoms with Crippen molar-refractivity contribution in [3.05, 3.63) is 71.8 Å². The van der Waals surface area contributed by atoms with Crippen LogP contribution < -0.4 is 14.8 Å². The number of amides is 1. The van der Waals surface area contributed by atoms with E-state index >= 15 is 0 Å². The maximum absolute atomic E-state index is 12.5. The van der Waals surface area contributed by atoms with Gasteiger partial charge in [-0.3, -0.25) is 4.79 Å². The number of anilines is 1. The molecule has 1 aliphatic heterocycles. The number of halogens is 1. The molecule has 0 spiro atoms. The summed E-state index contributed by atoms with van der Waals surface area (Å²) in [6, 6.07) is 14.9. The Hall–Kier alpha value is -3.79. The van der Waals surface area contributed by atoms with Crippen LogP contribution in [0.2, 0.25) is 5.15 Å². The zero-order chi connectivity index (χ0) is 28.6. The highest BCUT2D eigenvalue weighted by molar-refractivity contribution is 6.29. The molecule has 1 amide bonds. The van der Waals surface area contributed by atoms with E-state index in [-0.39, 0.29) is 12.3 Å². The normalized spacial score (nSPS) is 14.2. The average molecular weight is 576 g/mol. The van der Waals surface area contributed by atoms with E-state index < -0.39 is 0 Å². The molecule has 0 aliphatic carbocycles. The van der Waals surface area contributed by atoms with Crippen molar-refractivity contribution >= 4 is 34.1 Å². The Kier molecular flexibility index (Phi) is 9.61. The molecule has 214 valence electrons. The highest BCUT2D eigenvalue weighted by atomic mass is 35.5. The molecule has 5 rings (SSSR count). The molecular formula is C31H34ClN5O4. The fourth-order valence-corrected chi connectivity index (χ4v) is 5.10. The Bertz CT molecular complexity index is 1460. The lowest BCUT2D eigenvalue weighted by Gasteiger charge is -2.31. The molecule has 0 bridgehead atoms. The van der Waals surface area contributed by atoms with Crippen molar-refractivity contribution in [2.45, 2.75) is 19.3 Å². The second kappa shape index (κ2) is 13.7.